The lowest BCUT2D eigenvalue weighted by Crippen LogP contribution is -2.23. The molecule has 0 aliphatic rings. The number of halogens is 1. The van der Waals surface area contributed by atoms with E-state index in [0.717, 1.165) is 0 Å². The Hall–Kier alpha value is -2.87. The number of nitrogens with zero attached hydrogens (tertiary/aromatic N) is 4. The third-order valence-electron chi connectivity index (χ3n) is 4.52. The molecular formula is C21H23FN4O4. The minimum atomic E-state index is -1.23. The summed E-state index contributed by atoms with van der Waals surface area (Å²) in [7, 11) is 3.07. The molecule has 2 aromatic heterocycles. The maximum Gasteiger partial charge on any atom is 0.200 e. The van der Waals surface area contributed by atoms with Crippen LogP contribution < -0.4 is 0 Å². The molecule has 0 aliphatic heterocycles. The summed E-state index contributed by atoms with van der Waals surface area (Å²) in [5, 5.41) is 34.0. The molecule has 30 heavy (non-hydrogen) atoms. The van der Waals surface area contributed by atoms with Gasteiger partial charge in [0.25, 0.3) is 0 Å². The van der Waals surface area contributed by atoms with Gasteiger partial charge in [-0.1, -0.05) is 11.8 Å². The molecule has 2 unspecified atom stereocenters. The Bertz CT molecular complexity index is 1080. The molecule has 0 amide bonds. The van der Waals surface area contributed by atoms with E-state index in [-0.39, 0.29) is 12.3 Å². The second-order valence-corrected chi connectivity index (χ2v) is 6.72. The van der Waals surface area contributed by atoms with E-state index in [9.17, 15) is 14.6 Å². The first kappa shape index (κ1) is 21.8. The largest absolute Gasteiger partial charge is 0.381 e. The van der Waals surface area contributed by atoms with Crippen molar-refractivity contribution in [1.82, 2.24) is 19.7 Å². The minimum absolute atomic E-state index is 0.0930. The summed E-state index contributed by atoms with van der Waals surface area (Å²) < 4.78 is 20.7. The molecule has 3 rings (SSSR count). The van der Waals surface area contributed by atoms with E-state index < -0.39 is 18.2 Å². The van der Waals surface area contributed by atoms with Gasteiger partial charge < -0.3 is 20.1 Å². The molecule has 158 valence electrons. The molecule has 0 bridgehead atoms. The van der Waals surface area contributed by atoms with Crippen molar-refractivity contribution in [2.75, 3.05) is 27.4 Å². The highest BCUT2D eigenvalue weighted by Gasteiger charge is 2.19. The molecule has 2 heterocycles. The van der Waals surface area contributed by atoms with Crippen molar-refractivity contribution >= 4 is 11.0 Å². The second-order valence-electron chi connectivity index (χ2n) is 6.72. The Morgan fingerprint density at radius 2 is 2.10 bits per heavy atom. The highest BCUT2D eigenvalue weighted by atomic mass is 19.1. The number of aliphatic hydroxyl groups excluding tert-OH is 3. The molecule has 3 aromatic rings. The van der Waals surface area contributed by atoms with E-state index in [0.29, 0.717) is 35.4 Å². The number of methoxy groups -OCH3 is 1. The summed E-state index contributed by atoms with van der Waals surface area (Å²) in [6.45, 7) is 0.326. The maximum atomic E-state index is 14.3. The van der Waals surface area contributed by atoms with Crippen LogP contribution in [0.5, 0.6) is 0 Å². The summed E-state index contributed by atoms with van der Waals surface area (Å²) in [5.41, 5.74) is 1.35. The Morgan fingerprint density at radius 1 is 1.30 bits per heavy atom. The molecular weight excluding hydrogens is 391 g/mol. The van der Waals surface area contributed by atoms with Crippen LogP contribution >= 0.6 is 0 Å². The van der Waals surface area contributed by atoms with Crippen LogP contribution in [0.1, 0.15) is 24.0 Å². The lowest BCUT2D eigenvalue weighted by molar-refractivity contribution is -0.0790. The van der Waals surface area contributed by atoms with Crippen LogP contribution in [-0.4, -0.2) is 68.5 Å². The van der Waals surface area contributed by atoms with Gasteiger partial charge in [0, 0.05) is 25.2 Å². The number of rotatable bonds is 7. The monoisotopic (exact) mass is 414 g/mol. The molecule has 0 radical (unpaired) electrons. The second kappa shape index (κ2) is 9.75. The SMILES string of the molecule is COC(O)c1nn(-c2ccc(F)c(C#CC(O)CCN(C)CO)c2)c2ncccc12. The topological polar surface area (TPSA) is 104 Å². The fourth-order valence-corrected chi connectivity index (χ4v) is 2.84. The number of pyridine rings is 1. The van der Waals surface area contributed by atoms with Crippen molar-refractivity contribution in [3.63, 3.8) is 0 Å². The maximum absolute atomic E-state index is 14.3. The fraction of sp³-hybridized carbons (Fsp3) is 0.333. The molecule has 9 heteroatoms. The van der Waals surface area contributed by atoms with Crippen LogP contribution in [0.4, 0.5) is 4.39 Å². The first-order chi connectivity index (χ1) is 14.4. The smallest absolute Gasteiger partial charge is 0.200 e. The molecule has 0 aliphatic carbocycles. The van der Waals surface area contributed by atoms with Crippen LogP contribution in [-0.2, 0) is 4.74 Å². The Morgan fingerprint density at radius 3 is 2.83 bits per heavy atom. The van der Waals surface area contributed by atoms with Gasteiger partial charge in [-0.15, -0.1) is 0 Å². The lowest BCUT2D eigenvalue weighted by Gasteiger charge is -2.13. The van der Waals surface area contributed by atoms with Gasteiger partial charge in [-0.25, -0.2) is 14.1 Å². The van der Waals surface area contributed by atoms with Crippen LogP contribution in [0.15, 0.2) is 36.5 Å². The summed E-state index contributed by atoms with van der Waals surface area (Å²) >= 11 is 0. The Balaban J connectivity index is 1.94. The van der Waals surface area contributed by atoms with Crippen LogP contribution in [0.3, 0.4) is 0 Å². The van der Waals surface area contributed by atoms with Crippen molar-refractivity contribution in [2.45, 2.75) is 18.8 Å². The summed E-state index contributed by atoms with van der Waals surface area (Å²) in [6, 6.07) is 7.76. The zero-order valence-electron chi connectivity index (χ0n) is 16.7. The number of fused-ring (bicyclic) bond motifs is 1. The van der Waals surface area contributed by atoms with Crippen LogP contribution in [0.25, 0.3) is 16.7 Å². The van der Waals surface area contributed by atoms with Crippen molar-refractivity contribution in [3.05, 3.63) is 53.6 Å². The predicted octanol–water partition coefficient (Wildman–Crippen LogP) is 1.18. The first-order valence-corrected chi connectivity index (χ1v) is 9.28. The summed E-state index contributed by atoms with van der Waals surface area (Å²) in [4.78, 5) is 5.93. The molecule has 0 spiro atoms. The van der Waals surface area contributed by atoms with Gasteiger partial charge in [0.05, 0.1) is 18.0 Å². The number of ether oxygens (including phenoxy) is 1. The zero-order chi connectivity index (χ0) is 21.7. The third kappa shape index (κ3) is 4.81. The van der Waals surface area contributed by atoms with Gasteiger partial charge in [-0.2, -0.15) is 5.10 Å². The van der Waals surface area contributed by atoms with Gasteiger partial charge in [0.1, 0.15) is 17.6 Å². The van der Waals surface area contributed by atoms with Crippen molar-refractivity contribution in [1.29, 1.82) is 0 Å². The van der Waals surface area contributed by atoms with Gasteiger partial charge >= 0.3 is 0 Å². The Labute approximate surface area is 173 Å². The van der Waals surface area contributed by atoms with E-state index in [1.54, 1.807) is 30.3 Å². The lowest BCUT2D eigenvalue weighted by atomic mass is 10.1. The molecule has 2 atom stereocenters. The molecule has 8 nitrogen and oxygen atoms in total. The number of benzene rings is 1. The van der Waals surface area contributed by atoms with Crippen molar-refractivity contribution in [3.8, 4) is 17.5 Å². The molecule has 0 fully saturated rings. The number of aliphatic hydroxyl groups is 3. The highest BCUT2D eigenvalue weighted by molar-refractivity contribution is 5.80. The minimum Gasteiger partial charge on any atom is -0.381 e. The van der Waals surface area contributed by atoms with E-state index in [1.807, 2.05) is 0 Å². The van der Waals surface area contributed by atoms with Crippen LogP contribution in [0.2, 0.25) is 0 Å². The van der Waals surface area contributed by atoms with E-state index in [1.165, 1.54) is 30.0 Å². The Kier molecular flexibility index (Phi) is 7.10. The fourth-order valence-electron chi connectivity index (χ4n) is 2.84. The standard InChI is InChI=1S/C21H23FN4O4/c1-25(13-27)11-9-16(28)7-5-14-12-15(6-8-18(14)22)26-20-17(4-3-10-23-20)19(24-26)21(29)30-2/h3-4,6,8,10,12,16,21,27-29H,9,11,13H2,1-2H3. The van der Waals surface area contributed by atoms with Gasteiger partial charge in [-0.05, 0) is 43.8 Å². The molecule has 0 saturated heterocycles. The van der Waals surface area contributed by atoms with Gasteiger partial charge in [-0.3, -0.25) is 4.90 Å². The first-order valence-electron chi connectivity index (χ1n) is 9.28. The van der Waals surface area contributed by atoms with Crippen molar-refractivity contribution < 1.29 is 24.4 Å². The molecule has 3 N–H and O–H groups in total. The highest BCUT2D eigenvalue weighted by Crippen LogP contribution is 2.25. The molecule has 0 saturated carbocycles. The molecule has 1 aromatic carbocycles. The number of aromatic nitrogens is 3. The number of hydrogen-bond donors (Lipinski definition) is 3. The normalized spacial score (nSPS) is 13.3. The van der Waals surface area contributed by atoms with Crippen molar-refractivity contribution in [2.24, 2.45) is 0 Å². The summed E-state index contributed by atoms with van der Waals surface area (Å²) in [6.07, 6.45) is -0.285. The quantitative estimate of drug-likeness (QED) is 0.394. The van der Waals surface area contributed by atoms with Gasteiger partial charge in [0.15, 0.2) is 5.65 Å². The summed E-state index contributed by atoms with van der Waals surface area (Å²) in [5.74, 6) is 4.75. The van der Waals surface area contributed by atoms with E-state index in [2.05, 4.69) is 21.9 Å². The third-order valence-corrected chi connectivity index (χ3v) is 4.52. The van der Waals surface area contributed by atoms with E-state index >= 15 is 0 Å². The predicted molar refractivity (Wildman–Crippen MR) is 108 cm³/mol. The number of hydrogen-bond acceptors (Lipinski definition) is 7. The van der Waals surface area contributed by atoms with Crippen LogP contribution in [0, 0.1) is 17.7 Å². The zero-order valence-corrected chi connectivity index (χ0v) is 16.7. The van der Waals surface area contributed by atoms with E-state index in [4.69, 9.17) is 9.84 Å². The average molecular weight is 414 g/mol. The van der Waals surface area contributed by atoms with Gasteiger partial charge in [0.2, 0.25) is 6.29 Å². The average Bonchev–Trinajstić information content (AvgIpc) is 3.16.